The van der Waals surface area contributed by atoms with Crippen LogP contribution in [0.5, 0.6) is 0 Å². The molecule has 0 saturated heterocycles. The minimum atomic E-state index is 0.200. The first-order chi connectivity index (χ1) is 8.56. The van der Waals surface area contributed by atoms with Gasteiger partial charge in [-0.15, -0.1) is 11.3 Å². The van der Waals surface area contributed by atoms with Gasteiger partial charge in [0.2, 0.25) is 0 Å². The molecule has 0 amide bonds. The van der Waals surface area contributed by atoms with E-state index in [2.05, 4.69) is 60.7 Å². The number of hydrogen-bond acceptors (Lipinski definition) is 2. The topological polar surface area (TPSA) is 17.1 Å². The third-order valence-electron chi connectivity index (χ3n) is 2.90. The Bertz CT molecular complexity index is 540. The number of thiophene rings is 1. The Labute approximate surface area is 125 Å². The lowest BCUT2D eigenvalue weighted by atomic mass is 9.99. The fourth-order valence-electron chi connectivity index (χ4n) is 1.76. The van der Waals surface area contributed by atoms with Crippen molar-refractivity contribution in [3.05, 3.63) is 55.3 Å². The van der Waals surface area contributed by atoms with Gasteiger partial charge in [0, 0.05) is 17.4 Å². The molecule has 0 aliphatic rings. The average molecular weight is 370 g/mol. The monoisotopic (exact) mass is 370 g/mol. The van der Waals surface area contributed by atoms with Crippen molar-refractivity contribution in [3.8, 4) is 0 Å². The molecule has 18 heavy (non-hydrogen) atoms. The number of hydrogen-bond donors (Lipinski definition) is 0. The van der Waals surface area contributed by atoms with E-state index in [0.717, 1.165) is 14.0 Å². The van der Waals surface area contributed by atoms with Gasteiger partial charge in [0.05, 0.1) is 2.88 Å². The maximum absolute atomic E-state index is 12.0. The molecular formula is C15H15IOS. The molecule has 0 bridgehead atoms. The molecule has 1 nitrogen and oxygen atoms in total. The lowest BCUT2D eigenvalue weighted by Crippen LogP contribution is -2.02. The van der Waals surface area contributed by atoms with Gasteiger partial charge in [0.25, 0.3) is 0 Å². The number of carbonyl (C=O) groups is 1. The van der Waals surface area contributed by atoms with Crippen LogP contribution in [0.2, 0.25) is 0 Å². The normalized spacial score (nSPS) is 10.9. The van der Waals surface area contributed by atoms with E-state index < -0.39 is 0 Å². The highest BCUT2D eigenvalue weighted by Gasteiger charge is 2.09. The van der Waals surface area contributed by atoms with Crippen LogP contribution in [0.3, 0.4) is 0 Å². The summed E-state index contributed by atoms with van der Waals surface area (Å²) in [6, 6.07) is 10.3. The average Bonchev–Trinajstić information content (AvgIpc) is 2.76. The van der Waals surface area contributed by atoms with Crippen molar-refractivity contribution in [1.82, 2.24) is 0 Å². The van der Waals surface area contributed by atoms with E-state index in [1.54, 1.807) is 11.3 Å². The number of ketones is 1. The largest absolute Gasteiger partial charge is 0.294 e. The van der Waals surface area contributed by atoms with Crippen LogP contribution in [0.25, 0.3) is 0 Å². The Hall–Kier alpha value is -0.680. The number of carbonyl (C=O) groups excluding carboxylic acids is 1. The lowest BCUT2D eigenvalue weighted by molar-refractivity contribution is 0.0993. The molecule has 1 aromatic carbocycles. The van der Waals surface area contributed by atoms with E-state index in [9.17, 15) is 4.79 Å². The highest BCUT2D eigenvalue weighted by atomic mass is 127. The quantitative estimate of drug-likeness (QED) is 0.553. The lowest BCUT2D eigenvalue weighted by Gasteiger charge is -2.06. The van der Waals surface area contributed by atoms with Crippen LogP contribution in [0.1, 0.15) is 41.3 Å². The second kappa shape index (κ2) is 5.97. The van der Waals surface area contributed by atoms with Crippen molar-refractivity contribution in [3.63, 3.8) is 0 Å². The summed E-state index contributed by atoms with van der Waals surface area (Å²) in [7, 11) is 0. The fraction of sp³-hybridized carbons (Fsp3) is 0.267. The van der Waals surface area contributed by atoms with E-state index in [1.807, 2.05) is 11.4 Å². The van der Waals surface area contributed by atoms with Crippen LogP contribution in [-0.4, -0.2) is 5.78 Å². The second-order valence-corrected chi connectivity index (χ2v) is 7.44. The van der Waals surface area contributed by atoms with E-state index in [4.69, 9.17) is 0 Å². The second-order valence-electron chi connectivity index (χ2n) is 4.64. The molecule has 0 aliphatic heterocycles. The molecule has 0 radical (unpaired) electrons. The maximum atomic E-state index is 12.0. The van der Waals surface area contributed by atoms with Crippen LogP contribution in [0.15, 0.2) is 35.7 Å². The van der Waals surface area contributed by atoms with E-state index in [-0.39, 0.29) is 5.78 Å². The summed E-state index contributed by atoms with van der Waals surface area (Å²) < 4.78 is 1.16. The molecule has 2 rings (SSSR count). The van der Waals surface area contributed by atoms with Crippen molar-refractivity contribution in [2.75, 3.05) is 0 Å². The zero-order valence-electron chi connectivity index (χ0n) is 10.4. The predicted octanol–water partition coefficient (Wildman–Crippen LogP) is 4.90. The van der Waals surface area contributed by atoms with Crippen molar-refractivity contribution in [1.29, 1.82) is 0 Å². The summed E-state index contributed by atoms with van der Waals surface area (Å²) in [6.07, 6.45) is 0.491. The van der Waals surface area contributed by atoms with Crippen LogP contribution < -0.4 is 0 Å². The third kappa shape index (κ3) is 3.42. The molecule has 94 valence electrons. The van der Waals surface area contributed by atoms with Gasteiger partial charge in [-0.25, -0.2) is 0 Å². The Kier molecular flexibility index (Phi) is 4.56. The van der Waals surface area contributed by atoms with Gasteiger partial charge in [0.15, 0.2) is 5.78 Å². The molecule has 0 N–H and O–H groups in total. The van der Waals surface area contributed by atoms with Gasteiger partial charge < -0.3 is 0 Å². The maximum Gasteiger partial charge on any atom is 0.168 e. The molecule has 2 aromatic rings. The van der Waals surface area contributed by atoms with Gasteiger partial charge in [-0.05, 0) is 45.7 Å². The summed E-state index contributed by atoms with van der Waals surface area (Å²) in [6.45, 7) is 4.35. The molecule has 0 atom stereocenters. The Balaban J connectivity index is 2.07. The van der Waals surface area contributed by atoms with Crippen LogP contribution in [-0.2, 0) is 6.42 Å². The number of benzene rings is 1. The summed E-state index contributed by atoms with van der Waals surface area (Å²) in [5.74, 6) is 0.736. The molecule has 0 saturated carbocycles. The molecule has 0 spiro atoms. The Morgan fingerprint density at radius 2 is 1.94 bits per heavy atom. The van der Waals surface area contributed by atoms with Crippen molar-refractivity contribution < 1.29 is 4.79 Å². The number of Topliss-reactive ketones (excluding diaryl/α,β-unsaturated/α-hetero) is 1. The summed E-state index contributed by atoms with van der Waals surface area (Å²) in [4.78, 5) is 12.0. The summed E-state index contributed by atoms with van der Waals surface area (Å²) in [5.41, 5.74) is 3.24. The standard InChI is InChI=1S/C15H15IOS/c1-10(2)12-5-3-11(4-6-12)7-14(17)13-8-15(16)18-9-13/h3-6,8-10H,7H2,1-2H3. The fourth-order valence-corrected chi connectivity index (χ4v) is 3.12. The van der Waals surface area contributed by atoms with Crippen molar-refractivity contribution in [2.45, 2.75) is 26.2 Å². The van der Waals surface area contributed by atoms with Crippen LogP contribution in [0, 0.1) is 2.88 Å². The molecule has 0 aliphatic carbocycles. The van der Waals surface area contributed by atoms with E-state index in [0.29, 0.717) is 12.3 Å². The van der Waals surface area contributed by atoms with E-state index >= 15 is 0 Å². The highest BCUT2D eigenvalue weighted by Crippen LogP contribution is 2.19. The number of rotatable bonds is 4. The van der Waals surface area contributed by atoms with Crippen LogP contribution in [0.4, 0.5) is 0 Å². The van der Waals surface area contributed by atoms with Crippen molar-refractivity contribution in [2.24, 2.45) is 0 Å². The molecule has 0 unspecified atom stereocenters. The predicted molar refractivity (Wildman–Crippen MR) is 85.6 cm³/mol. The van der Waals surface area contributed by atoms with Crippen molar-refractivity contribution >= 4 is 39.7 Å². The van der Waals surface area contributed by atoms with Gasteiger partial charge in [-0.2, -0.15) is 0 Å². The van der Waals surface area contributed by atoms with Gasteiger partial charge in [0.1, 0.15) is 0 Å². The Morgan fingerprint density at radius 3 is 2.44 bits per heavy atom. The minimum absolute atomic E-state index is 0.200. The summed E-state index contributed by atoms with van der Waals surface area (Å²) in [5, 5.41) is 1.94. The first-order valence-corrected chi connectivity index (χ1v) is 7.88. The Morgan fingerprint density at radius 1 is 1.28 bits per heavy atom. The highest BCUT2D eigenvalue weighted by molar-refractivity contribution is 14.1. The smallest absolute Gasteiger partial charge is 0.168 e. The molecule has 1 aromatic heterocycles. The van der Waals surface area contributed by atoms with Gasteiger partial charge >= 0.3 is 0 Å². The number of halogens is 1. The first-order valence-electron chi connectivity index (χ1n) is 5.92. The third-order valence-corrected chi connectivity index (χ3v) is 4.69. The molecular weight excluding hydrogens is 355 g/mol. The first kappa shape index (κ1) is 13.7. The SMILES string of the molecule is CC(C)c1ccc(CC(=O)c2csc(I)c2)cc1. The molecule has 0 fully saturated rings. The van der Waals surface area contributed by atoms with Crippen LogP contribution >= 0.6 is 33.9 Å². The minimum Gasteiger partial charge on any atom is -0.294 e. The van der Waals surface area contributed by atoms with Gasteiger partial charge in [-0.1, -0.05) is 38.1 Å². The van der Waals surface area contributed by atoms with E-state index in [1.165, 1.54) is 5.56 Å². The summed E-state index contributed by atoms with van der Waals surface area (Å²) >= 11 is 3.86. The zero-order chi connectivity index (χ0) is 13.1. The molecule has 3 heteroatoms. The molecule has 1 heterocycles. The zero-order valence-corrected chi connectivity index (χ0v) is 13.4. The van der Waals surface area contributed by atoms with Gasteiger partial charge in [-0.3, -0.25) is 4.79 Å².